The monoisotopic (exact) mass is 339 g/mol. The molecule has 1 saturated heterocycles. The summed E-state index contributed by atoms with van der Waals surface area (Å²) in [6, 6.07) is 13.9. The number of methoxy groups -OCH3 is 1. The first-order valence-corrected chi connectivity index (χ1v) is 8.56. The Morgan fingerprint density at radius 1 is 1.08 bits per heavy atom. The van der Waals surface area contributed by atoms with Crippen LogP contribution in [0.5, 0.6) is 5.75 Å². The number of likely N-dealkylation sites (tertiary alicyclic amines) is 1. The minimum atomic E-state index is -0.742. The van der Waals surface area contributed by atoms with E-state index >= 15 is 0 Å². The van der Waals surface area contributed by atoms with Crippen LogP contribution < -0.4 is 4.74 Å². The molecule has 0 saturated carbocycles. The van der Waals surface area contributed by atoms with Crippen LogP contribution in [0.15, 0.2) is 42.5 Å². The van der Waals surface area contributed by atoms with Crippen LogP contribution in [0, 0.1) is 19.8 Å². The van der Waals surface area contributed by atoms with Gasteiger partial charge in [0.25, 0.3) is 0 Å². The Hall–Kier alpha value is -2.33. The topological polar surface area (TPSA) is 49.8 Å². The molecule has 1 aliphatic heterocycles. The largest absolute Gasteiger partial charge is 0.497 e. The maximum atomic E-state index is 12.1. The molecule has 25 heavy (non-hydrogen) atoms. The third-order valence-electron chi connectivity index (χ3n) is 5.43. The molecule has 3 unspecified atom stereocenters. The van der Waals surface area contributed by atoms with Crippen molar-refractivity contribution in [3.63, 3.8) is 0 Å². The standard InChI is InChI=1S/C21H25NO3/c1-13-5-6-16(11-14(13)2)18-12-22(3)20(19(18)21(23)24)15-7-9-17(25-4)10-8-15/h5-11,18-20H,12H2,1-4H3,(H,23,24). The van der Waals surface area contributed by atoms with Gasteiger partial charge in [0.05, 0.1) is 13.0 Å². The number of hydrogen-bond donors (Lipinski definition) is 1. The second-order valence-corrected chi connectivity index (χ2v) is 6.97. The summed E-state index contributed by atoms with van der Waals surface area (Å²) in [5.74, 6) is -0.454. The van der Waals surface area contributed by atoms with Crippen molar-refractivity contribution in [1.29, 1.82) is 0 Å². The van der Waals surface area contributed by atoms with Gasteiger partial charge in [-0.05, 0) is 55.3 Å². The van der Waals surface area contributed by atoms with Gasteiger partial charge in [0.2, 0.25) is 0 Å². The van der Waals surface area contributed by atoms with Gasteiger partial charge in [0.1, 0.15) is 5.75 Å². The average Bonchev–Trinajstić information content (AvgIpc) is 2.95. The Labute approximate surface area is 149 Å². The zero-order chi connectivity index (χ0) is 18.1. The van der Waals surface area contributed by atoms with E-state index in [0.29, 0.717) is 0 Å². The number of carboxylic acids is 1. The number of aryl methyl sites for hydroxylation is 2. The lowest BCUT2D eigenvalue weighted by Gasteiger charge is -2.24. The van der Waals surface area contributed by atoms with Crippen LogP contribution in [0.2, 0.25) is 0 Å². The summed E-state index contributed by atoms with van der Waals surface area (Å²) in [4.78, 5) is 14.3. The van der Waals surface area contributed by atoms with Gasteiger partial charge >= 0.3 is 5.97 Å². The molecule has 2 aromatic carbocycles. The van der Waals surface area contributed by atoms with Gasteiger partial charge in [0, 0.05) is 18.5 Å². The van der Waals surface area contributed by atoms with Gasteiger partial charge in [-0.2, -0.15) is 0 Å². The highest BCUT2D eigenvalue weighted by Gasteiger charge is 2.45. The van der Waals surface area contributed by atoms with Gasteiger partial charge in [0.15, 0.2) is 0 Å². The molecule has 1 heterocycles. The summed E-state index contributed by atoms with van der Waals surface area (Å²) < 4.78 is 5.22. The Morgan fingerprint density at radius 2 is 1.72 bits per heavy atom. The van der Waals surface area contributed by atoms with Gasteiger partial charge in [-0.15, -0.1) is 0 Å². The maximum Gasteiger partial charge on any atom is 0.309 e. The van der Waals surface area contributed by atoms with Crippen molar-refractivity contribution < 1.29 is 14.6 Å². The van der Waals surface area contributed by atoms with E-state index in [9.17, 15) is 9.90 Å². The molecule has 0 aromatic heterocycles. The molecule has 4 nitrogen and oxygen atoms in total. The van der Waals surface area contributed by atoms with Crippen molar-refractivity contribution in [2.75, 3.05) is 20.7 Å². The Balaban J connectivity index is 1.98. The Bertz CT molecular complexity index is 769. The summed E-state index contributed by atoms with van der Waals surface area (Å²) in [5.41, 5.74) is 4.56. The molecule has 3 atom stereocenters. The molecule has 1 aliphatic rings. The molecule has 132 valence electrons. The van der Waals surface area contributed by atoms with E-state index in [1.54, 1.807) is 7.11 Å². The molecular formula is C21H25NO3. The number of benzene rings is 2. The highest BCUT2D eigenvalue weighted by molar-refractivity contribution is 5.73. The van der Waals surface area contributed by atoms with Crippen LogP contribution in [0.1, 0.15) is 34.2 Å². The van der Waals surface area contributed by atoms with Crippen LogP contribution in [0.3, 0.4) is 0 Å². The third-order valence-corrected chi connectivity index (χ3v) is 5.43. The fraction of sp³-hybridized carbons (Fsp3) is 0.381. The third kappa shape index (κ3) is 3.27. The lowest BCUT2D eigenvalue weighted by molar-refractivity contribution is -0.143. The van der Waals surface area contributed by atoms with E-state index in [-0.39, 0.29) is 12.0 Å². The summed E-state index contributed by atoms with van der Waals surface area (Å²) >= 11 is 0. The minimum Gasteiger partial charge on any atom is -0.497 e. The normalized spacial score (nSPS) is 23.6. The second kappa shape index (κ2) is 6.89. The molecule has 0 bridgehead atoms. The van der Waals surface area contributed by atoms with E-state index < -0.39 is 11.9 Å². The number of rotatable bonds is 4. The number of likely N-dealkylation sites (N-methyl/N-ethyl adjacent to an activating group) is 1. The summed E-state index contributed by atoms with van der Waals surface area (Å²) in [6.07, 6.45) is 0. The highest BCUT2D eigenvalue weighted by Crippen LogP contribution is 2.45. The predicted octanol–water partition coefficient (Wildman–Crippen LogP) is 3.78. The molecule has 0 spiro atoms. The van der Waals surface area contributed by atoms with E-state index in [0.717, 1.165) is 23.4 Å². The second-order valence-electron chi connectivity index (χ2n) is 6.97. The number of hydrogen-bond acceptors (Lipinski definition) is 3. The zero-order valence-corrected chi connectivity index (χ0v) is 15.2. The first kappa shape index (κ1) is 17.5. The minimum absolute atomic E-state index is 0.0195. The van der Waals surface area contributed by atoms with Crippen molar-refractivity contribution in [1.82, 2.24) is 4.90 Å². The molecule has 4 heteroatoms. The molecule has 1 fully saturated rings. The lowest BCUT2D eigenvalue weighted by atomic mass is 9.82. The predicted molar refractivity (Wildman–Crippen MR) is 98.1 cm³/mol. The Kier molecular flexibility index (Phi) is 4.82. The van der Waals surface area contributed by atoms with Gasteiger partial charge in [-0.3, -0.25) is 9.69 Å². The van der Waals surface area contributed by atoms with Gasteiger partial charge in [-0.1, -0.05) is 30.3 Å². The zero-order valence-electron chi connectivity index (χ0n) is 15.2. The SMILES string of the molecule is COc1ccc(C2C(C(=O)O)C(c3ccc(C)c(C)c3)CN2C)cc1. The molecule has 0 aliphatic carbocycles. The van der Waals surface area contributed by atoms with Crippen LogP contribution in [0.4, 0.5) is 0 Å². The number of aliphatic carboxylic acids is 1. The first-order chi connectivity index (χ1) is 11.9. The smallest absolute Gasteiger partial charge is 0.309 e. The molecule has 3 rings (SSSR count). The van der Waals surface area contributed by atoms with Crippen molar-refractivity contribution in [3.8, 4) is 5.75 Å². The van der Waals surface area contributed by atoms with Crippen molar-refractivity contribution in [2.24, 2.45) is 5.92 Å². The highest BCUT2D eigenvalue weighted by atomic mass is 16.5. The van der Waals surface area contributed by atoms with E-state index in [4.69, 9.17) is 4.74 Å². The number of carboxylic acid groups (broad SMARTS) is 1. The van der Waals surface area contributed by atoms with Crippen LogP contribution in [-0.2, 0) is 4.79 Å². The first-order valence-electron chi connectivity index (χ1n) is 8.56. The van der Waals surface area contributed by atoms with Crippen molar-refractivity contribution >= 4 is 5.97 Å². The summed E-state index contributed by atoms with van der Waals surface area (Å²) in [7, 11) is 3.64. The van der Waals surface area contributed by atoms with Crippen molar-refractivity contribution in [2.45, 2.75) is 25.8 Å². The molecule has 1 N–H and O–H groups in total. The number of ether oxygens (including phenoxy) is 1. The summed E-state index contributed by atoms with van der Waals surface area (Å²) in [5, 5.41) is 9.97. The molecule has 2 aromatic rings. The van der Waals surface area contributed by atoms with Crippen LogP contribution in [0.25, 0.3) is 0 Å². The van der Waals surface area contributed by atoms with Gasteiger partial charge in [-0.25, -0.2) is 0 Å². The fourth-order valence-corrected chi connectivity index (χ4v) is 3.91. The Morgan fingerprint density at radius 3 is 2.28 bits per heavy atom. The van der Waals surface area contributed by atoms with E-state index in [2.05, 4.69) is 36.9 Å². The van der Waals surface area contributed by atoms with Crippen LogP contribution in [-0.4, -0.2) is 36.7 Å². The summed E-state index contributed by atoms with van der Waals surface area (Å²) in [6.45, 7) is 4.89. The lowest BCUT2D eigenvalue weighted by Crippen LogP contribution is -2.26. The van der Waals surface area contributed by atoms with Gasteiger partial charge < -0.3 is 9.84 Å². The van der Waals surface area contributed by atoms with E-state index in [1.165, 1.54) is 11.1 Å². The quantitative estimate of drug-likeness (QED) is 0.921. The average molecular weight is 339 g/mol. The number of nitrogens with zero attached hydrogens (tertiary/aromatic N) is 1. The van der Waals surface area contributed by atoms with E-state index in [1.807, 2.05) is 31.3 Å². The maximum absolute atomic E-state index is 12.1. The fourth-order valence-electron chi connectivity index (χ4n) is 3.91. The molecule has 0 amide bonds. The van der Waals surface area contributed by atoms with Crippen LogP contribution >= 0.6 is 0 Å². The van der Waals surface area contributed by atoms with Crippen molar-refractivity contribution in [3.05, 3.63) is 64.7 Å². The molecule has 0 radical (unpaired) electrons. The number of carbonyl (C=O) groups is 1. The molecular weight excluding hydrogens is 314 g/mol.